The molecule has 2 rings (SSSR count). The largest absolute Gasteiger partial charge is 0.431 e. The van der Waals surface area contributed by atoms with Crippen molar-refractivity contribution in [3.05, 3.63) is 56.2 Å². The molecule has 0 bridgehead atoms. The highest BCUT2D eigenvalue weighted by molar-refractivity contribution is 9.10. The molecule has 1 heterocycles. The first-order valence-electron chi connectivity index (χ1n) is 5.50. The summed E-state index contributed by atoms with van der Waals surface area (Å²) in [6.07, 6.45) is 1.41. The molecule has 0 aliphatic heterocycles. The Hall–Kier alpha value is -2.46. The van der Waals surface area contributed by atoms with E-state index in [0.717, 1.165) is 0 Å². The van der Waals surface area contributed by atoms with Gasteiger partial charge in [-0.25, -0.2) is 4.98 Å². The van der Waals surface area contributed by atoms with Crippen molar-refractivity contribution < 1.29 is 9.66 Å². The van der Waals surface area contributed by atoms with E-state index in [1.54, 1.807) is 13.0 Å². The van der Waals surface area contributed by atoms with Gasteiger partial charge in [-0.2, -0.15) is 5.26 Å². The zero-order chi connectivity index (χ0) is 14.7. The van der Waals surface area contributed by atoms with Gasteiger partial charge in [0.2, 0.25) is 11.6 Å². The van der Waals surface area contributed by atoms with Crippen molar-refractivity contribution in [1.82, 2.24) is 4.98 Å². The summed E-state index contributed by atoms with van der Waals surface area (Å²) in [5, 5.41) is 19.9. The van der Waals surface area contributed by atoms with Gasteiger partial charge in [0.15, 0.2) is 0 Å². The van der Waals surface area contributed by atoms with Crippen LogP contribution in [0.2, 0.25) is 0 Å². The van der Waals surface area contributed by atoms with Gasteiger partial charge in [-0.1, -0.05) is 15.9 Å². The van der Waals surface area contributed by atoms with Gasteiger partial charge in [-0.15, -0.1) is 0 Å². The number of aromatic nitrogens is 1. The molecule has 0 aliphatic carbocycles. The molecule has 7 heteroatoms. The second-order valence-corrected chi connectivity index (χ2v) is 4.84. The van der Waals surface area contributed by atoms with Crippen molar-refractivity contribution in [1.29, 1.82) is 5.26 Å². The summed E-state index contributed by atoms with van der Waals surface area (Å²) in [5.74, 6) is 0.248. The summed E-state index contributed by atoms with van der Waals surface area (Å²) in [4.78, 5) is 14.5. The lowest BCUT2D eigenvalue weighted by Gasteiger charge is -2.09. The topological polar surface area (TPSA) is 89.0 Å². The molecule has 0 fully saturated rings. The first-order valence-corrected chi connectivity index (χ1v) is 6.29. The number of nitrogens with zero attached hydrogens (tertiary/aromatic N) is 3. The lowest BCUT2D eigenvalue weighted by atomic mass is 10.2. The molecule has 1 aromatic heterocycles. The van der Waals surface area contributed by atoms with Crippen LogP contribution >= 0.6 is 15.9 Å². The maximum Gasteiger partial charge on any atom is 0.313 e. The average Bonchev–Trinajstić information content (AvgIpc) is 2.41. The summed E-state index contributed by atoms with van der Waals surface area (Å²) in [6, 6.07) is 7.96. The molecule has 0 radical (unpaired) electrons. The molecule has 0 aliphatic rings. The van der Waals surface area contributed by atoms with Crippen LogP contribution in [0.3, 0.4) is 0 Å². The van der Waals surface area contributed by atoms with Gasteiger partial charge in [0.05, 0.1) is 16.6 Å². The Morgan fingerprint density at radius 2 is 2.20 bits per heavy atom. The fourth-order valence-electron chi connectivity index (χ4n) is 1.62. The smallest absolute Gasteiger partial charge is 0.313 e. The van der Waals surface area contributed by atoms with Crippen LogP contribution in [0.1, 0.15) is 11.1 Å². The van der Waals surface area contributed by atoms with E-state index >= 15 is 0 Å². The number of halogens is 1. The second kappa shape index (κ2) is 5.67. The standard InChI is InChI=1S/C13H8BrN3O3/c1-8-4-10(14)6-11(17(18)19)13(8)20-12-5-9(7-15)2-3-16-12/h2-6H,1H3. The van der Waals surface area contributed by atoms with Crippen molar-refractivity contribution >= 4 is 21.6 Å². The van der Waals surface area contributed by atoms with Crippen molar-refractivity contribution in [2.45, 2.75) is 6.92 Å². The van der Waals surface area contributed by atoms with E-state index < -0.39 is 4.92 Å². The zero-order valence-electron chi connectivity index (χ0n) is 10.3. The maximum atomic E-state index is 11.1. The van der Waals surface area contributed by atoms with Crippen LogP contribution < -0.4 is 4.74 Å². The third-order valence-corrected chi connectivity index (χ3v) is 2.94. The van der Waals surface area contributed by atoms with Gasteiger partial charge in [0, 0.05) is 28.4 Å². The number of pyridine rings is 1. The minimum Gasteiger partial charge on any atom is -0.431 e. The van der Waals surface area contributed by atoms with E-state index in [0.29, 0.717) is 15.6 Å². The first kappa shape index (κ1) is 14.0. The molecule has 0 unspecified atom stereocenters. The van der Waals surface area contributed by atoms with Crippen molar-refractivity contribution in [3.63, 3.8) is 0 Å². The summed E-state index contributed by atoms with van der Waals surface area (Å²) < 4.78 is 6.06. The highest BCUT2D eigenvalue weighted by Gasteiger charge is 2.20. The Bertz CT molecular complexity index is 725. The highest BCUT2D eigenvalue weighted by atomic mass is 79.9. The van der Waals surface area contributed by atoms with Gasteiger partial charge in [-0.05, 0) is 19.1 Å². The molecule has 0 spiro atoms. The van der Waals surface area contributed by atoms with Crippen molar-refractivity contribution in [2.75, 3.05) is 0 Å². The molecule has 0 saturated heterocycles. The predicted octanol–water partition coefficient (Wildman–Crippen LogP) is 3.72. The third kappa shape index (κ3) is 2.92. The van der Waals surface area contributed by atoms with Crippen LogP contribution in [-0.2, 0) is 0 Å². The van der Waals surface area contributed by atoms with E-state index in [4.69, 9.17) is 10.00 Å². The van der Waals surface area contributed by atoms with E-state index in [-0.39, 0.29) is 17.3 Å². The number of rotatable bonds is 3. The monoisotopic (exact) mass is 333 g/mol. The molecular weight excluding hydrogens is 326 g/mol. The van der Waals surface area contributed by atoms with E-state index in [1.807, 2.05) is 6.07 Å². The Balaban J connectivity index is 2.48. The van der Waals surface area contributed by atoms with Crippen LogP contribution in [0.25, 0.3) is 0 Å². The molecule has 0 amide bonds. The van der Waals surface area contributed by atoms with Crippen LogP contribution in [0.4, 0.5) is 5.69 Å². The molecule has 20 heavy (non-hydrogen) atoms. The molecular formula is C13H8BrN3O3. The molecule has 6 nitrogen and oxygen atoms in total. The number of benzene rings is 1. The normalized spacial score (nSPS) is 9.85. The summed E-state index contributed by atoms with van der Waals surface area (Å²) in [6.45, 7) is 1.70. The van der Waals surface area contributed by atoms with Crippen LogP contribution in [-0.4, -0.2) is 9.91 Å². The molecule has 0 atom stereocenters. The number of hydrogen-bond acceptors (Lipinski definition) is 5. The number of aryl methyl sites for hydroxylation is 1. The number of nitriles is 1. The molecule has 0 saturated carbocycles. The predicted molar refractivity (Wildman–Crippen MR) is 74.6 cm³/mol. The Morgan fingerprint density at radius 3 is 2.85 bits per heavy atom. The number of hydrogen-bond donors (Lipinski definition) is 0. The number of nitro benzene ring substituents is 1. The first-order chi connectivity index (χ1) is 9.51. The lowest BCUT2D eigenvalue weighted by Crippen LogP contribution is -1.97. The molecule has 2 aromatic rings. The highest BCUT2D eigenvalue weighted by Crippen LogP contribution is 2.36. The molecule has 1 aromatic carbocycles. The second-order valence-electron chi connectivity index (χ2n) is 3.92. The summed E-state index contributed by atoms with van der Waals surface area (Å²) >= 11 is 3.21. The van der Waals surface area contributed by atoms with E-state index in [2.05, 4.69) is 20.9 Å². The number of nitro groups is 1. The quantitative estimate of drug-likeness (QED) is 0.630. The minimum atomic E-state index is -0.527. The summed E-state index contributed by atoms with van der Waals surface area (Å²) in [5.41, 5.74) is 0.795. The fourth-order valence-corrected chi connectivity index (χ4v) is 2.18. The maximum absolute atomic E-state index is 11.1. The number of ether oxygens (including phenoxy) is 1. The van der Waals surface area contributed by atoms with Crippen molar-refractivity contribution in [2.24, 2.45) is 0 Å². The molecule has 100 valence electrons. The van der Waals surface area contributed by atoms with Gasteiger partial charge in [-0.3, -0.25) is 10.1 Å². The Labute approximate surface area is 122 Å². The van der Waals surface area contributed by atoms with Crippen LogP contribution in [0, 0.1) is 28.4 Å². The van der Waals surface area contributed by atoms with Crippen LogP contribution in [0.5, 0.6) is 11.6 Å². The minimum absolute atomic E-state index is 0.112. The van der Waals surface area contributed by atoms with Gasteiger partial charge >= 0.3 is 5.69 Å². The van der Waals surface area contributed by atoms with Gasteiger partial charge in [0.25, 0.3) is 0 Å². The Kier molecular flexibility index (Phi) is 3.96. The van der Waals surface area contributed by atoms with Crippen molar-refractivity contribution in [3.8, 4) is 17.7 Å². The van der Waals surface area contributed by atoms with E-state index in [1.165, 1.54) is 24.4 Å². The van der Waals surface area contributed by atoms with Crippen LogP contribution in [0.15, 0.2) is 34.9 Å². The van der Waals surface area contributed by atoms with Gasteiger partial charge < -0.3 is 4.74 Å². The summed E-state index contributed by atoms with van der Waals surface area (Å²) in [7, 11) is 0. The molecule has 0 N–H and O–H groups in total. The Morgan fingerprint density at radius 1 is 1.45 bits per heavy atom. The lowest BCUT2D eigenvalue weighted by molar-refractivity contribution is -0.385. The SMILES string of the molecule is Cc1cc(Br)cc([N+](=O)[O-])c1Oc1cc(C#N)ccn1. The average molecular weight is 334 g/mol. The van der Waals surface area contributed by atoms with E-state index in [9.17, 15) is 10.1 Å². The zero-order valence-corrected chi connectivity index (χ0v) is 11.9. The fraction of sp³-hybridized carbons (Fsp3) is 0.0769. The van der Waals surface area contributed by atoms with Gasteiger partial charge in [0.1, 0.15) is 0 Å². The third-order valence-electron chi connectivity index (χ3n) is 2.49.